The lowest BCUT2D eigenvalue weighted by Crippen LogP contribution is -2.55. The first-order valence-corrected chi connectivity index (χ1v) is 7.24. The molecule has 0 unspecified atom stereocenters. The van der Waals surface area contributed by atoms with Crippen molar-refractivity contribution >= 4 is 17.8 Å². The number of carbonyl (C=O) groups excluding carboxylic acids is 3. The van der Waals surface area contributed by atoms with Crippen molar-refractivity contribution in [2.75, 3.05) is 26.2 Å². The van der Waals surface area contributed by atoms with Crippen LogP contribution in [0.25, 0.3) is 0 Å². The van der Waals surface area contributed by atoms with Crippen LogP contribution in [0.3, 0.4) is 0 Å². The van der Waals surface area contributed by atoms with Crippen LogP contribution in [0, 0.1) is 5.92 Å². The van der Waals surface area contributed by atoms with Gasteiger partial charge >= 0.3 is 6.03 Å². The second-order valence-corrected chi connectivity index (χ2v) is 6.17. The summed E-state index contributed by atoms with van der Waals surface area (Å²) in [7, 11) is 0. The van der Waals surface area contributed by atoms with Crippen LogP contribution in [0.4, 0.5) is 4.79 Å². The first-order valence-electron chi connectivity index (χ1n) is 7.24. The molecule has 0 aromatic rings. The molecular weight excluding hydrogens is 274 g/mol. The minimum atomic E-state index is -0.848. The zero-order valence-electron chi connectivity index (χ0n) is 12.5. The summed E-state index contributed by atoms with van der Waals surface area (Å²) in [6, 6.07) is -0.513. The number of hydrogen-bond donors (Lipinski definition) is 3. The summed E-state index contributed by atoms with van der Waals surface area (Å²) in [4.78, 5) is 38.9. The molecule has 8 heteroatoms. The predicted octanol–water partition coefficient (Wildman–Crippen LogP) is -0.981. The number of imide groups is 1. The molecule has 2 aliphatic rings. The van der Waals surface area contributed by atoms with E-state index in [4.69, 9.17) is 5.84 Å². The molecule has 2 aliphatic heterocycles. The molecule has 0 saturated carbocycles. The van der Waals surface area contributed by atoms with E-state index in [1.54, 1.807) is 0 Å². The Kier molecular flexibility index (Phi) is 4.48. The van der Waals surface area contributed by atoms with E-state index in [0.717, 1.165) is 24.5 Å². The largest absolute Gasteiger partial charge is 0.325 e. The molecule has 1 spiro atoms. The van der Waals surface area contributed by atoms with Gasteiger partial charge in [0, 0.05) is 19.6 Å². The van der Waals surface area contributed by atoms with Crippen LogP contribution in [0.1, 0.15) is 26.7 Å². The molecule has 21 heavy (non-hydrogen) atoms. The fraction of sp³-hybridized carbons (Fsp3) is 0.769. The van der Waals surface area contributed by atoms with Gasteiger partial charge < -0.3 is 10.2 Å². The lowest BCUT2D eigenvalue weighted by Gasteiger charge is -2.37. The Morgan fingerprint density at radius 2 is 2.00 bits per heavy atom. The van der Waals surface area contributed by atoms with E-state index in [2.05, 4.69) is 24.1 Å². The number of amides is 4. The Bertz CT molecular complexity index is 443. The summed E-state index contributed by atoms with van der Waals surface area (Å²) < 4.78 is 0. The molecular formula is C13H23N5O3. The van der Waals surface area contributed by atoms with E-state index >= 15 is 0 Å². The van der Waals surface area contributed by atoms with Gasteiger partial charge in [-0.05, 0) is 18.8 Å². The first kappa shape index (κ1) is 15.7. The van der Waals surface area contributed by atoms with E-state index < -0.39 is 17.5 Å². The Morgan fingerprint density at radius 1 is 1.38 bits per heavy atom. The number of nitrogens with two attached hydrogens (primary N) is 1. The van der Waals surface area contributed by atoms with E-state index in [0.29, 0.717) is 18.8 Å². The van der Waals surface area contributed by atoms with Crippen molar-refractivity contribution in [3.05, 3.63) is 0 Å². The Morgan fingerprint density at radius 3 is 2.52 bits per heavy atom. The summed E-state index contributed by atoms with van der Waals surface area (Å²) in [5, 5.41) is 2.76. The maximum Gasteiger partial charge on any atom is 0.325 e. The highest BCUT2D eigenvalue weighted by Crippen LogP contribution is 2.29. The van der Waals surface area contributed by atoms with Crippen LogP contribution in [-0.4, -0.2) is 59.4 Å². The maximum absolute atomic E-state index is 12.5. The molecule has 2 saturated heterocycles. The van der Waals surface area contributed by atoms with Crippen LogP contribution in [0.15, 0.2) is 0 Å². The number of hydrogen-bond acceptors (Lipinski definition) is 5. The fourth-order valence-electron chi connectivity index (χ4n) is 2.98. The van der Waals surface area contributed by atoms with Crippen LogP contribution >= 0.6 is 0 Å². The van der Waals surface area contributed by atoms with Gasteiger partial charge in [-0.15, -0.1) is 0 Å². The number of rotatable bonds is 4. The molecule has 118 valence electrons. The number of nitrogens with one attached hydrogen (secondary N) is 2. The van der Waals surface area contributed by atoms with Crippen LogP contribution in [-0.2, 0) is 9.59 Å². The Balaban J connectivity index is 2.00. The van der Waals surface area contributed by atoms with Gasteiger partial charge in [0.05, 0.1) is 0 Å². The van der Waals surface area contributed by atoms with Crippen molar-refractivity contribution in [3.63, 3.8) is 0 Å². The van der Waals surface area contributed by atoms with Gasteiger partial charge in [-0.25, -0.2) is 10.6 Å². The molecule has 0 atom stereocenters. The third-order valence-electron chi connectivity index (χ3n) is 4.04. The second kappa shape index (κ2) is 5.98. The van der Waals surface area contributed by atoms with Crippen molar-refractivity contribution in [2.45, 2.75) is 32.2 Å². The topological polar surface area (TPSA) is 108 Å². The Labute approximate surface area is 124 Å². The van der Waals surface area contributed by atoms with Gasteiger partial charge in [-0.1, -0.05) is 13.8 Å². The zero-order chi connectivity index (χ0) is 15.6. The smallest absolute Gasteiger partial charge is 0.323 e. The zero-order valence-corrected chi connectivity index (χ0v) is 12.5. The standard InChI is InChI=1S/C13H23N5O3/c1-9(2)7-17-5-3-13(4-6-17)11(20)18(12(21)15-13)8-10(19)16-14/h9H,3-8,14H2,1-2H3,(H,15,21)(H,16,19). The van der Waals surface area contributed by atoms with E-state index in [1.807, 2.05) is 5.43 Å². The third-order valence-corrected chi connectivity index (χ3v) is 4.04. The first-order chi connectivity index (χ1) is 9.88. The SMILES string of the molecule is CC(C)CN1CCC2(CC1)NC(=O)N(CC(=O)NN)C2=O. The molecule has 2 rings (SSSR count). The number of likely N-dealkylation sites (tertiary alicyclic amines) is 1. The number of nitrogens with zero attached hydrogens (tertiary/aromatic N) is 2. The van der Waals surface area contributed by atoms with Crippen molar-refractivity contribution in [1.82, 2.24) is 20.5 Å². The van der Waals surface area contributed by atoms with E-state index in [9.17, 15) is 14.4 Å². The summed E-state index contributed by atoms with van der Waals surface area (Å²) in [5.74, 6) is 4.69. The molecule has 0 bridgehead atoms. The second-order valence-electron chi connectivity index (χ2n) is 6.17. The normalized spacial score (nSPS) is 22.0. The minimum Gasteiger partial charge on any atom is -0.323 e. The lowest BCUT2D eigenvalue weighted by atomic mass is 9.87. The molecule has 8 nitrogen and oxygen atoms in total. The molecule has 2 fully saturated rings. The van der Waals surface area contributed by atoms with Gasteiger partial charge in [0.1, 0.15) is 12.1 Å². The summed E-state index contributed by atoms with van der Waals surface area (Å²) in [6.07, 6.45) is 1.15. The predicted molar refractivity (Wildman–Crippen MR) is 75.8 cm³/mol. The summed E-state index contributed by atoms with van der Waals surface area (Å²) in [5.41, 5.74) is 1.08. The highest BCUT2D eigenvalue weighted by atomic mass is 16.2. The maximum atomic E-state index is 12.5. The highest BCUT2D eigenvalue weighted by molar-refractivity contribution is 6.09. The highest BCUT2D eigenvalue weighted by Gasteiger charge is 2.52. The number of hydrazine groups is 1. The fourth-order valence-corrected chi connectivity index (χ4v) is 2.98. The average Bonchev–Trinajstić information content (AvgIpc) is 2.65. The molecule has 0 aromatic carbocycles. The van der Waals surface area contributed by atoms with Crippen molar-refractivity contribution in [3.8, 4) is 0 Å². The van der Waals surface area contributed by atoms with Gasteiger partial charge in [-0.2, -0.15) is 0 Å². The van der Waals surface area contributed by atoms with Gasteiger partial charge in [0.25, 0.3) is 11.8 Å². The molecule has 4 amide bonds. The molecule has 2 heterocycles. The van der Waals surface area contributed by atoms with Crippen molar-refractivity contribution in [1.29, 1.82) is 0 Å². The minimum absolute atomic E-state index is 0.319. The van der Waals surface area contributed by atoms with Crippen molar-refractivity contribution < 1.29 is 14.4 Å². The number of piperidine rings is 1. The van der Waals surface area contributed by atoms with Crippen molar-refractivity contribution in [2.24, 2.45) is 11.8 Å². The van der Waals surface area contributed by atoms with Crippen LogP contribution in [0.5, 0.6) is 0 Å². The molecule has 0 radical (unpaired) electrons. The van der Waals surface area contributed by atoms with Crippen LogP contribution < -0.4 is 16.6 Å². The summed E-state index contributed by atoms with van der Waals surface area (Å²) >= 11 is 0. The quantitative estimate of drug-likeness (QED) is 0.267. The molecule has 4 N–H and O–H groups in total. The number of carbonyl (C=O) groups is 3. The van der Waals surface area contributed by atoms with E-state index in [-0.39, 0.29) is 12.5 Å². The monoisotopic (exact) mass is 297 g/mol. The lowest BCUT2D eigenvalue weighted by molar-refractivity contribution is -0.136. The Hall–Kier alpha value is -1.67. The van der Waals surface area contributed by atoms with E-state index in [1.165, 1.54) is 0 Å². The van der Waals surface area contributed by atoms with Gasteiger partial charge in [0.15, 0.2) is 0 Å². The summed E-state index contributed by atoms with van der Waals surface area (Å²) in [6.45, 7) is 6.48. The molecule has 0 aromatic heterocycles. The van der Waals surface area contributed by atoms with Crippen LogP contribution in [0.2, 0.25) is 0 Å². The van der Waals surface area contributed by atoms with Gasteiger partial charge in [0.2, 0.25) is 0 Å². The molecule has 0 aliphatic carbocycles. The number of urea groups is 1. The average molecular weight is 297 g/mol. The third kappa shape index (κ3) is 3.16. The van der Waals surface area contributed by atoms with Gasteiger partial charge in [-0.3, -0.25) is 19.9 Å².